The van der Waals surface area contributed by atoms with Crippen LogP contribution in [0.2, 0.25) is 5.15 Å². The van der Waals surface area contributed by atoms with Gasteiger partial charge >= 0.3 is 0 Å². The molecule has 0 atom stereocenters. The Morgan fingerprint density at radius 2 is 1.89 bits per heavy atom. The molecule has 0 radical (unpaired) electrons. The van der Waals surface area contributed by atoms with Gasteiger partial charge in [-0.2, -0.15) is 0 Å². The number of aryl methyl sites for hydroxylation is 1. The standard InChI is InChI=1S/C20H18ClFN4O/c1-26-18(13-7-3-4-8-14(13)22)25-16-17(21)23-15(24-19(16)26)9-12-20(27)10-5-2-6-11-20/h3-4,7-8,27H,2,5-6,10-11H2,1H3. The highest BCUT2D eigenvalue weighted by Crippen LogP contribution is 2.29. The first-order chi connectivity index (χ1) is 13.0. The van der Waals surface area contributed by atoms with E-state index in [9.17, 15) is 9.50 Å². The number of fused-ring (bicyclic) bond motifs is 1. The van der Waals surface area contributed by atoms with Crippen molar-refractivity contribution < 1.29 is 9.50 Å². The maximum Gasteiger partial charge on any atom is 0.208 e. The highest BCUT2D eigenvalue weighted by molar-refractivity contribution is 6.33. The first kappa shape index (κ1) is 17.9. The van der Waals surface area contributed by atoms with Gasteiger partial charge in [-0.05, 0) is 43.7 Å². The normalized spacial score (nSPS) is 16.1. The monoisotopic (exact) mass is 384 g/mol. The number of nitrogens with zero attached hydrogens (tertiary/aromatic N) is 4. The predicted molar refractivity (Wildman–Crippen MR) is 102 cm³/mol. The van der Waals surface area contributed by atoms with E-state index in [1.165, 1.54) is 6.07 Å². The number of hydrogen-bond donors (Lipinski definition) is 1. The Hall–Kier alpha value is -2.49. The molecular formula is C20H18ClFN4O. The largest absolute Gasteiger partial charge is 0.378 e. The van der Waals surface area contributed by atoms with E-state index in [2.05, 4.69) is 26.8 Å². The molecule has 1 N–H and O–H groups in total. The van der Waals surface area contributed by atoms with Crippen LogP contribution in [0.1, 0.15) is 37.9 Å². The van der Waals surface area contributed by atoms with E-state index in [1.807, 2.05) is 0 Å². The molecule has 0 unspecified atom stereocenters. The van der Waals surface area contributed by atoms with E-state index in [0.29, 0.717) is 35.4 Å². The van der Waals surface area contributed by atoms with E-state index in [0.717, 1.165) is 19.3 Å². The summed E-state index contributed by atoms with van der Waals surface area (Å²) in [5.41, 5.74) is 0.221. The number of halogens is 2. The summed E-state index contributed by atoms with van der Waals surface area (Å²) in [5, 5.41) is 10.7. The summed E-state index contributed by atoms with van der Waals surface area (Å²) in [6.07, 6.45) is 4.34. The maximum absolute atomic E-state index is 14.2. The molecule has 2 heterocycles. The summed E-state index contributed by atoms with van der Waals surface area (Å²) in [6.45, 7) is 0. The van der Waals surface area contributed by atoms with Gasteiger partial charge in [0.2, 0.25) is 5.82 Å². The van der Waals surface area contributed by atoms with Crippen LogP contribution in [0.4, 0.5) is 4.39 Å². The van der Waals surface area contributed by atoms with E-state index in [4.69, 9.17) is 11.6 Å². The lowest BCUT2D eigenvalue weighted by Crippen LogP contribution is -2.29. The van der Waals surface area contributed by atoms with Crippen LogP contribution in [0.3, 0.4) is 0 Å². The van der Waals surface area contributed by atoms with Crippen molar-refractivity contribution in [2.75, 3.05) is 0 Å². The average Bonchev–Trinajstić information content (AvgIpc) is 2.99. The summed E-state index contributed by atoms with van der Waals surface area (Å²) in [6, 6.07) is 6.39. The molecule has 1 fully saturated rings. The molecule has 0 spiro atoms. The van der Waals surface area contributed by atoms with Gasteiger partial charge in [0.25, 0.3) is 0 Å². The molecule has 0 aliphatic heterocycles. The average molecular weight is 385 g/mol. The van der Waals surface area contributed by atoms with Crippen LogP contribution >= 0.6 is 11.6 Å². The van der Waals surface area contributed by atoms with Crippen LogP contribution < -0.4 is 0 Å². The van der Waals surface area contributed by atoms with E-state index >= 15 is 0 Å². The van der Waals surface area contributed by atoms with Crippen molar-refractivity contribution in [3.8, 4) is 23.2 Å². The Morgan fingerprint density at radius 3 is 2.63 bits per heavy atom. The topological polar surface area (TPSA) is 63.8 Å². The Balaban J connectivity index is 1.78. The van der Waals surface area contributed by atoms with Crippen molar-refractivity contribution in [1.82, 2.24) is 19.5 Å². The highest BCUT2D eigenvalue weighted by atomic mass is 35.5. The molecule has 1 saturated carbocycles. The van der Waals surface area contributed by atoms with Gasteiger partial charge in [0.05, 0.1) is 5.56 Å². The van der Waals surface area contributed by atoms with Crippen LogP contribution in [-0.2, 0) is 7.05 Å². The van der Waals surface area contributed by atoms with Gasteiger partial charge in [0, 0.05) is 7.05 Å². The summed E-state index contributed by atoms with van der Waals surface area (Å²) >= 11 is 6.28. The van der Waals surface area contributed by atoms with E-state index in [1.54, 1.807) is 29.8 Å². The lowest BCUT2D eigenvalue weighted by Gasteiger charge is -2.26. The number of aliphatic hydroxyl groups is 1. The Bertz CT molecular complexity index is 1080. The fourth-order valence-electron chi connectivity index (χ4n) is 3.40. The molecule has 4 rings (SSSR count). The van der Waals surface area contributed by atoms with Crippen LogP contribution in [-0.4, -0.2) is 30.2 Å². The smallest absolute Gasteiger partial charge is 0.208 e. The van der Waals surface area contributed by atoms with Crippen molar-refractivity contribution >= 4 is 22.8 Å². The Kier molecular flexibility index (Phi) is 4.58. The number of aromatic nitrogens is 4. The molecule has 2 aromatic heterocycles. The van der Waals surface area contributed by atoms with Gasteiger partial charge < -0.3 is 9.67 Å². The van der Waals surface area contributed by atoms with Gasteiger partial charge in [-0.3, -0.25) is 0 Å². The minimum absolute atomic E-state index is 0.151. The zero-order chi connectivity index (χ0) is 19.0. The fourth-order valence-corrected chi connectivity index (χ4v) is 3.61. The molecule has 3 aromatic rings. The second kappa shape index (κ2) is 6.91. The van der Waals surface area contributed by atoms with Gasteiger partial charge in [0.1, 0.15) is 22.8 Å². The summed E-state index contributed by atoms with van der Waals surface area (Å²) in [7, 11) is 1.74. The number of rotatable bonds is 1. The number of imidazole rings is 1. The molecular weight excluding hydrogens is 367 g/mol. The quantitative estimate of drug-likeness (QED) is 0.511. The van der Waals surface area contributed by atoms with Gasteiger partial charge in [-0.15, -0.1) is 0 Å². The highest BCUT2D eigenvalue weighted by Gasteiger charge is 2.26. The Labute approximate surface area is 161 Å². The maximum atomic E-state index is 14.2. The Morgan fingerprint density at radius 1 is 1.15 bits per heavy atom. The molecule has 5 nitrogen and oxygen atoms in total. The third-order valence-electron chi connectivity index (χ3n) is 4.88. The molecule has 7 heteroatoms. The SMILES string of the molecule is Cn1c(-c2ccccc2F)nc2c(Cl)nc(C#CC3(O)CCCCC3)nc21. The molecule has 0 bridgehead atoms. The molecule has 1 aliphatic rings. The van der Waals surface area contributed by atoms with Crippen LogP contribution in [0.5, 0.6) is 0 Å². The molecule has 1 aromatic carbocycles. The third kappa shape index (κ3) is 3.41. The molecule has 27 heavy (non-hydrogen) atoms. The van der Waals surface area contributed by atoms with Gasteiger partial charge in [-0.1, -0.05) is 36.1 Å². The second-order valence-corrected chi connectivity index (χ2v) is 7.18. The van der Waals surface area contributed by atoms with E-state index in [-0.39, 0.29) is 16.8 Å². The number of hydrogen-bond acceptors (Lipinski definition) is 4. The zero-order valence-electron chi connectivity index (χ0n) is 14.8. The van der Waals surface area contributed by atoms with Crippen molar-refractivity contribution in [2.24, 2.45) is 7.05 Å². The lowest BCUT2D eigenvalue weighted by molar-refractivity contribution is 0.0610. The molecule has 0 amide bonds. The first-order valence-electron chi connectivity index (χ1n) is 8.87. The van der Waals surface area contributed by atoms with E-state index < -0.39 is 5.60 Å². The lowest BCUT2D eigenvalue weighted by atomic mass is 9.85. The molecule has 1 aliphatic carbocycles. The van der Waals surface area contributed by atoms with Crippen molar-refractivity contribution in [3.63, 3.8) is 0 Å². The fraction of sp³-hybridized carbons (Fsp3) is 0.350. The van der Waals surface area contributed by atoms with Crippen molar-refractivity contribution in [1.29, 1.82) is 0 Å². The summed E-state index contributed by atoms with van der Waals surface area (Å²) in [4.78, 5) is 13.0. The molecule has 0 saturated heterocycles. The van der Waals surface area contributed by atoms with Crippen LogP contribution in [0.25, 0.3) is 22.6 Å². The summed E-state index contributed by atoms with van der Waals surface area (Å²) < 4.78 is 15.8. The first-order valence-corrected chi connectivity index (χ1v) is 9.25. The van der Waals surface area contributed by atoms with Gasteiger partial charge in [-0.25, -0.2) is 19.3 Å². The molecule has 138 valence electrons. The van der Waals surface area contributed by atoms with Gasteiger partial charge in [0.15, 0.2) is 10.8 Å². The zero-order valence-corrected chi connectivity index (χ0v) is 15.6. The minimum Gasteiger partial charge on any atom is -0.378 e. The second-order valence-electron chi connectivity index (χ2n) is 6.83. The third-order valence-corrected chi connectivity index (χ3v) is 5.14. The van der Waals surface area contributed by atoms with Crippen LogP contribution in [0.15, 0.2) is 24.3 Å². The van der Waals surface area contributed by atoms with Crippen molar-refractivity contribution in [3.05, 3.63) is 41.1 Å². The van der Waals surface area contributed by atoms with Crippen molar-refractivity contribution in [2.45, 2.75) is 37.7 Å². The summed E-state index contributed by atoms with van der Waals surface area (Å²) in [5.74, 6) is 6.01. The van der Waals surface area contributed by atoms with Crippen LogP contribution in [0, 0.1) is 17.7 Å². The predicted octanol–water partition coefficient (Wildman–Crippen LogP) is 3.87. The minimum atomic E-state index is -0.992. The number of benzene rings is 1.